The van der Waals surface area contributed by atoms with Crippen LogP contribution in [0.4, 0.5) is 0 Å². The third-order valence-corrected chi connectivity index (χ3v) is 4.91. The molecule has 2 aromatic carbocycles. The molecule has 1 heterocycles. The molecule has 0 saturated heterocycles. The molecule has 3 aromatic rings. The van der Waals surface area contributed by atoms with Gasteiger partial charge in [-0.2, -0.15) is 5.26 Å². The third kappa shape index (κ3) is 4.67. The van der Waals surface area contributed by atoms with E-state index in [1.807, 2.05) is 30.3 Å². The van der Waals surface area contributed by atoms with E-state index in [1.54, 1.807) is 24.4 Å². The highest BCUT2D eigenvalue weighted by Gasteiger charge is 2.20. The zero-order valence-electron chi connectivity index (χ0n) is 13.8. The minimum atomic E-state index is -0.475. The molecule has 3 rings (SSSR count). The predicted octanol–water partition coefficient (Wildman–Crippen LogP) is 5.54. The highest BCUT2D eigenvalue weighted by molar-refractivity contribution is 9.10. The average Bonchev–Trinajstić information content (AvgIpc) is 2.67. The summed E-state index contributed by atoms with van der Waals surface area (Å²) in [5, 5.41) is 12.8. The van der Waals surface area contributed by atoms with Crippen molar-refractivity contribution in [3.05, 3.63) is 97.7 Å². The second-order valence-electron chi connectivity index (χ2n) is 5.67. The van der Waals surface area contributed by atoms with E-state index in [9.17, 15) is 4.79 Å². The Morgan fingerprint density at radius 3 is 2.44 bits per heavy atom. The fourth-order valence-electron chi connectivity index (χ4n) is 2.50. The van der Waals surface area contributed by atoms with E-state index >= 15 is 0 Å². The van der Waals surface area contributed by atoms with Crippen LogP contribution in [-0.2, 0) is 0 Å². The van der Waals surface area contributed by atoms with Gasteiger partial charge in [0.25, 0.3) is 5.91 Å². The fourth-order valence-corrected chi connectivity index (χ4v) is 3.09. The van der Waals surface area contributed by atoms with Gasteiger partial charge in [-0.15, -0.1) is 0 Å². The lowest BCUT2D eigenvalue weighted by atomic mass is 10.0. The summed E-state index contributed by atoms with van der Waals surface area (Å²) in [7, 11) is 0. The van der Waals surface area contributed by atoms with E-state index in [0.29, 0.717) is 21.8 Å². The molecule has 27 heavy (non-hydrogen) atoms. The lowest BCUT2D eigenvalue weighted by Gasteiger charge is -2.19. The summed E-state index contributed by atoms with van der Waals surface area (Å²) in [5.41, 5.74) is 2.18. The van der Waals surface area contributed by atoms with Crippen molar-refractivity contribution in [3.63, 3.8) is 0 Å². The summed E-state index contributed by atoms with van der Waals surface area (Å²) in [5.74, 6) is -0.328. The Hall–Kier alpha value is -2.39. The molecule has 0 radical (unpaired) electrons. The second kappa shape index (κ2) is 8.53. The van der Waals surface area contributed by atoms with Crippen LogP contribution in [0.2, 0.25) is 10.0 Å². The second-order valence-corrected chi connectivity index (χ2v) is 7.43. The summed E-state index contributed by atoms with van der Waals surface area (Å²) in [4.78, 5) is 17.2. The maximum Gasteiger partial charge on any atom is 0.252 e. The number of carbonyl (C=O) groups is 1. The molecule has 0 saturated carbocycles. The molecule has 0 aliphatic carbocycles. The number of nitriles is 1. The molecule has 1 atom stereocenters. The van der Waals surface area contributed by atoms with Gasteiger partial charge in [-0.1, -0.05) is 35.3 Å². The maximum atomic E-state index is 12.8. The van der Waals surface area contributed by atoms with Gasteiger partial charge in [-0.3, -0.25) is 9.78 Å². The standard InChI is InChI=1S/C20H12BrCl2N3O/c21-15-5-8-18(25-11-15)19(12-3-6-16(22)7-4-12)26-20(27)13-1-2-14(10-24)17(23)9-13/h1-9,11,19H,(H,26,27)/t19-/m0/s1. The monoisotopic (exact) mass is 459 g/mol. The molecule has 0 fully saturated rings. The molecule has 1 N–H and O–H groups in total. The van der Waals surface area contributed by atoms with Crippen LogP contribution < -0.4 is 5.32 Å². The molecular weight excluding hydrogens is 449 g/mol. The number of halogens is 3. The lowest BCUT2D eigenvalue weighted by molar-refractivity contribution is 0.0942. The van der Waals surface area contributed by atoms with Gasteiger partial charge in [0.15, 0.2) is 0 Å². The maximum absolute atomic E-state index is 12.8. The number of pyridine rings is 1. The summed E-state index contributed by atoms with van der Waals surface area (Å²) in [6.07, 6.45) is 1.67. The van der Waals surface area contributed by atoms with Gasteiger partial charge in [0.1, 0.15) is 6.07 Å². The Bertz CT molecular complexity index is 969. The number of nitrogens with one attached hydrogen (secondary N) is 1. The minimum absolute atomic E-state index is 0.231. The van der Waals surface area contributed by atoms with Crippen LogP contribution in [-0.4, -0.2) is 10.9 Å². The van der Waals surface area contributed by atoms with E-state index < -0.39 is 6.04 Å². The normalized spacial score (nSPS) is 11.5. The first-order valence-corrected chi connectivity index (χ1v) is 9.40. The Labute approximate surface area is 174 Å². The van der Waals surface area contributed by atoms with Crippen molar-refractivity contribution >= 4 is 45.0 Å². The number of rotatable bonds is 4. The zero-order valence-corrected chi connectivity index (χ0v) is 16.9. The van der Waals surface area contributed by atoms with Gasteiger partial charge in [-0.05, 0) is 64.0 Å². The lowest BCUT2D eigenvalue weighted by Crippen LogP contribution is -2.30. The fraction of sp³-hybridized carbons (Fsp3) is 0.0500. The number of hydrogen-bond donors (Lipinski definition) is 1. The highest BCUT2D eigenvalue weighted by atomic mass is 79.9. The summed E-state index contributed by atoms with van der Waals surface area (Å²) in [6, 6.07) is 16.9. The molecule has 134 valence electrons. The van der Waals surface area contributed by atoms with Gasteiger partial charge in [0.2, 0.25) is 0 Å². The number of hydrogen-bond acceptors (Lipinski definition) is 3. The summed E-state index contributed by atoms with van der Waals surface area (Å²) < 4.78 is 0.839. The molecule has 0 bridgehead atoms. The SMILES string of the molecule is N#Cc1ccc(C(=O)N[C@@H](c2ccc(Cl)cc2)c2ccc(Br)cn2)cc1Cl. The van der Waals surface area contributed by atoms with Crippen molar-refractivity contribution in [2.45, 2.75) is 6.04 Å². The smallest absolute Gasteiger partial charge is 0.252 e. The Kier molecular flexibility index (Phi) is 6.12. The molecular formula is C20H12BrCl2N3O. The van der Waals surface area contributed by atoms with E-state index in [0.717, 1.165) is 10.0 Å². The van der Waals surface area contributed by atoms with Crippen LogP contribution in [0.25, 0.3) is 0 Å². The Morgan fingerprint density at radius 1 is 1.11 bits per heavy atom. The Balaban J connectivity index is 1.94. The van der Waals surface area contributed by atoms with Crippen LogP contribution in [0.15, 0.2) is 65.3 Å². The zero-order chi connectivity index (χ0) is 19.4. The first kappa shape index (κ1) is 19.4. The topological polar surface area (TPSA) is 65.8 Å². The van der Waals surface area contributed by atoms with E-state index in [2.05, 4.69) is 26.2 Å². The number of amides is 1. The largest absolute Gasteiger partial charge is 0.340 e. The van der Waals surface area contributed by atoms with Crippen molar-refractivity contribution in [2.75, 3.05) is 0 Å². The predicted molar refractivity (Wildman–Crippen MR) is 109 cm³/mol. The van der Waals surface area contributed by atoms with Crippen molar-refractivity contribution in [1.82, 2.24) is 10.3 Å². The molecule has 0 spiro atoms. The summed E-state index contributed by atoms with van der Waals surface area (Å²) >= 11 is 15.4. The van der Waals surface area contributed by atoms with Crippen LogP contribution in [0, 0.1) is 11.3 Å². The molecule has 1 amide bonds. The van der Waals surface area contributed by atoms with Crippen LogP contribution in [0.3, 0.4) is 0 Å². The average molecular weight is 461 g/mol. The number of aromatic nitrogens is 1. The van der Waals surface area contributed by atoms with Gasteiger partial charge >= 0.3 is 0 Å². The minimum Gasteiger partial charge on any atom is -0.340 e. The van der Waals surface area contributed by atoms with E-state index in [-0.39, 0.29) is 10.9 Å². The van der Waals surface area contributed by atoms with E-state index in [1.165, 1.54) is 12.1 Å². The van der Waals surface area contributed by atoms with Crippen LogP contribution in [0.5, 0.6) is 0 Å². The molecule has 0 aliphatic heterocycles. The van der Waals surface area contributed by atoms with E-state index in [4.69, 9.17) is 28.5 Å². The third-order valence-electron chi connectivity index (χ3n) is 3.88. The number of nitrogens with zero attached hydrogens (tertiary/aromatic N) is 2. The van der Waals surface area contributed by atoms with Crippen molar-refractivity contribution in [2.24, 2.45) is 0 Å². The Morgan fingerprint density at radius 2 is 1.85 bits per heavy atom. The molecule has 1 aromatic heterocycles. The molecule has 0 aliphatic rings. The first-order chi connectivity index (χ1) is 13.0. The first-order valence-electron chi connectivity index (χ1n) is 7.85. The molecule has 7 heteroatoms. The van der Waals surface area contributed by atoms with Gasteiger partial charge in [0.05, 0.1) is 22.3 Å². The molecule has 4 nitrogen and oxygen atoms in total. The van der Waals surface area contributed by atoms with Crippen molar-refractivity contribution in [3.8, 4) is 6.07 Å². The van der Waals surface area contributed by atoms with Crippen molar-refractivity contribution in [1.29, 1.82) is 5.26 Å². The number of carbonyl (C=O) groups excluding carboxylic acids is 1. The van der Waals surface area contributed by atoms with Crippen molar-refractivity contribution < 1.29 is 4.79 Å². The molecule has 0 unspecified atom stereocenters. The highest BCUT2D eigenvalue weighted by Crippen LogP contribution is 2.24. The van der Waals surface area contributed by atoms with Crippen LogP contribution in [0.1, 0.15) is 33.2 Å². The quantitative estimate of drug-likeness (QED) is 0.555. The van der Waals surface area contributed by atoms with Crippen LogP contribution >= 0.6 is 39.1 Å². The summed E-state index contributed by atoms with van der Waals surface area (Å²) in [6.45, 7) is 0. The number of benzene rings is 2. The van der Waals surface area contributed by atoms with Gasteiger partial charge < -0.3 is 5.32 Å². The van der Waals surface area contributed by atoms with Gasteiger partial charge in [-0.25, -0.2) is 0 Å². The van der Waals surface area contributed by atoms with Gasteiger partial charge in [0, 0.05) is 21.3 Å².